The number of pyridine rings is 2. The molecule has 2 aromatic carbocycles. The number of halogens is 6. The van der Waals surface area contributed by atoms with Crippen molar-refractivity contribution in [3.05, 3.63) is 60.9 Å². The predicted octanol–water partition coefficient (Wildman–Crippen LogP) is 13.4. The second kappa shape index (κ2) is 34.1. The number of ketones is 2. The van der Waals surface area contributed by atoms with Crippen LogP contribution in [0.5, 0.6) is 23.3 Å². The number of hydrogen-bond acceptors (Lipinski definition) is 20. The summed E-state index contributed by atoms with van der Waals surface area (Å²) in [5.41, 5.74) is -7.07. The van der Waals surface area contributed by atoms with Gasteiger partial charge in [-0.2, -0.15) is 0 Å². The highest BCUT2D eigenvalue weighted by Crippen LogP contribution is 2.61. The molecule has 2 N–H and O–H groups in total. The number of aromatic nitrogens is 2. The number of carbonyl (C=O) groups excluding carboxylic acids is 8. The number of ether oxygens (including phenoxy) is 6. The van der Waals surface area contributed by atoms with Crippen LogP contribution in [0, 0.1) is 58.2 Å². The number of fused-ring (bicyclic) bond motifs is 6. The molecule has 4 aromatic rings. The molecule has 32 heteroatoms. The SMILES string of the molecule is COc1cnc(O[C@@H]2C[C@H]3C(=O)C[C@]4(C(=O)NS(=O)(=O)C5(CF)CC5)C[C@H]4CCCC[C@@H](C)C[C@@H](C)[C@H](CC(=O)OC(C)(C)C(C)(F)F)C(=O)N3C2)c2ccccc12.COc1cnc(O[C@@H]2C[C@H]3C(=O)C[C@]4(C(=O)NS(=O)(=O)C5(CF)CC5)C[C@H]4CCCC[C@H](C)C[C@@H](C)[C@H](CC(=O)OC(C)(C)C(C)(F)F)C(=O)N3C2)c2ccccc12. The first kappa shape index (κ1) is 88.9. The Morgan fingerprint density at radius 1 is 0.517 bits per heavy atom. The molecule has 4 aliphatic heterocycles. The number of sulfonamides is 2. The van der Waals surface area contributed by atoms with Gasteiger partial charge in [-0.25, -0.2) is 53.1 Å². The largest absolute Gasteiger partial charge is 0.494 e. The number of nitrogens with one attached hydrogen (secondary N) is 2. The smallest absolute Gasteiger partial charge is 0.307 e. The molecule has 4 saturated heterocycles. The summed E-state index contributed by atoms with van der Waals surface area (Å²) in [7, 11) is -5.70. The first-order chi connectivity index (χ1) is 54.3. The standard InChI is InChI=1S/2C42H56F3N3O9S/c2*1-25-11-7-8-12-27-20-42(27,38(52)47-58(53,54)41(24-43)15-16-41)21-33(49)32-18-28(56-36-30-14-10-9-13-29(30)34(55-6)22-46-36)23-48(32)37(51)31(26(2)17-25)19-35(50)57-39(3,4)40(5,44)45/h2*9-10,13-14,22,25-28,31-32H,7-8,11-12,15-21,23-24H2,1-6H3,(H,47,52)/t25-,26+,27+,28+,31-,32-,42+;25-,26-,27-,28-,31+,32+,42-/m01/s1. The normalized spacial score (nSPS) is 29.4. The zero-order valence-corrected chi connectivity index (χ0v) is 69.9. The summed E-state index contributed by atoms with van der Waals surface area (Å²) >= 11 is 0. The number of hydrogen-bond donors (Lipinski definition) is 2. The molecular formula is C84H112F6N6O18S2. The molecule has 8 aliphatic rings. The third-order valence-electron chi connectivity index (χ3n) is 26.5. The molecule has 0 bridgehead atoms. The molecule has 8 fully saturated rings. The maximum absolute atomic E-state index is 14.9. The lowest BCUT2D eigenvalue weighted by Crippen LogP contribution is -2.49. The van der Waals surface area contributed by atoms with E-state index in [2.05, 4.69) is 19.4 Å². The number of nitrogens with zero attached hydrogens (tertiary/aromatic N) is 4. The lowest BCUT2D eigenvalue weighted by atomic mass is 9.81. The van der Waals surface area contributed by atoms with Crippen LogP contribution in [0.1, 0.15) is 210 Å². The summed E-state index contributed by atoms with van der Waals surface area (Å²) in [6, 6.07) is 12.3. The fourth-order valence-corrected chi connectivity index (χ4v) is 20.6. The van der Waals surface area contributed by atoms with Crippen molar-refractivity contribution < 1.29 is 110 Å². The molecule has 116 heavy (non-hydrogen) atoms. The molecule has 640 valence electrons. The van der Waals surface area contributed by atoms with E-state index in [-0.39, 0.29) is 113 Å². The summed E-state index contributed by atoms with van der Waals surface area (Å²) < 4.78 is 174. The van der Waals surface area contributed by atoms with Gasteiger partial charge in [-0.05, 0) is 140 Å². The maximum atomic E-state index is 14.9. The second-order valence-corrected chi connectivity index (χ2v) is 39.9. The van der Waals surface area contributed by atoms with Gasteiger partial charge >= 0.3 is 11.9 Å². The van der Waals surface area contributed by atoms with Gasteiger partial charge in [0.05, 0.1) is 87.3 Å². The van der Waals surface area contributed by atoms with E-state index >= 15 is 0 Å². The van der Waals surface area contributed by atoms with E-state index < -0.39 is 185 Å². The van der Waals surface area contributed by atoms with Crippen LogP contribution in [0.3, 0.4) is 0 Å². The topological polar surface area (TPSA) is 317 Å². The van der Waals surface area contributed by atoms with Crippen molar-refractivity contribution in [3.8, 4) is 23.3 Å². The number of carbonyl (C=O) groups is 8. The Balaban J connectivity index is 0.000000228. The van der Waals surface area contributed by atoms with E-state index in [0.29, 0.717) is 74.6 Å². The minimum absolute atomic E-state index is 0.00469. The second-order valence-electron chi connectivity index (χ2n) is 35.8. The predicted molar refractivity (Wildman–Crippen MR) is 417 cm³/mol. The minimum Gasteiger partial charge on any atom is -0.494 e. The van der Waals surface area contributed by atoms with Crippen molar-refractivity contribution in [1.29, 1.82) is 0 Å². The molecular weight excluding hydrogens is 1560 g/mol. The number of amides is 4. The molecule has 2 aromatic heterocycles. The van der Waals surface area contributed by atoms with E-state index in [0.717, 1.165) is 64.2 Å². The summed E-state index contributed by atoms with van der Waals surface area (Å²) in [4.78, 5) is 126. The minimum atomic E-state index is -4.37. The molecule has 0 radical (unpaired) electrons. The highest BCUT2D eigenvalue weighted by Gasteiger charge is 2.66. The molecule has 0 spiro atoms. The third kappa shape index (κ3) is 18.7. The van der Waals surface area contributed by atoms with Gasteiger partial charge in [0.25, 0.3) is 11.8 Å². The fourth-order valence-electron chi connectivity index (χ4n) is 17.7. The van der Waals surface area contributed by atoms with Gasteiger partial charge < -0.3 is 38.2 Å². The number of methoxy groups -OCH3 is 2. The summed E-state index contributed by atoms with van der Waals surface area (Å²) in [5, 5.41) is 2.70. The van der Waals surface area contributed by atoms with Crippen molar-refractivity contribution in [2.75, 3.05) is 40.7 Å². The average Bonchev–Trinajstić information content (AvgIpc) is 1.56. The van der Waals surface area contributed by atoms with Crippen molar-refractivity contribution in [2.45, 2.75) is 267 Å². The quantitative estimate of drug-likeness (QED) is 0.0545. The number of benzene rings is 2. The van der Waals surface area contributed by atoms with Gasteiger partial charge in [-0.15, -0.1) is 0 Å². The van der Waals surface area contributed by atoms with Crippen LogP contribution in [0.2, 0.25) is 0 Å². The van der Waals surface area contributed by atoms with Crippen LogP contribution in [0.15, 0.2) is 60.9 Å². The van der Waals surface area contributed by atoms with Crippen LogP contribution in [-0.4, -0.2) is 181 Å². The van der Waals surface area contributed by atoms with Gasteiger partial charge in [-0.3, -0.25) is 47.8 Å². The number of alkyl halides is 6. The van der Waals surface area contributed by atoms with Crippen molar-refractivity contribution in [1.82, 2.24) is 29.2 Å². The zero-order chi connectivity index (χ0) is 84.8. The fraction of sp³-hybridized carbons (Fsp3) is 0.690. The Labute approximate surface area is 674 Å². The molecule has 6 heterocycles. The van der Waals surface area contributed by atoms with E-state index in [4.69, 9.17) is 28.4 Å². The van der Waals surface area contributed by atoms with Gasteiger partial charge in [0.2, 0.25) is 55.4 Å². The summed E-state index contributed by atoms with van der Waals surface area (Å²) in [5.74, 6) is -14.4. The lowest BCUT2D eigenvalue weighted by Gasteiger charge is -2.34. The Kier molecular flexibility index (Phi) is 26.1. The Hall–Kier alpha value is -7.90. The van der Waals surface area contributed by atoms with Crippen LogP contribution in [0.4, 0.5) is 26.3 Å². The highest BCUT2D eigenvalue weighted by molar-refractivity contribution is 7.92. The van der Waals surface area contributed by atoms with Crippen LogP contribution < -0.4 is 28.4 Å². The molecule has 0 unspecified atom stereocenters. The third-order valence-corrected chi connectivity index (χ3v) is 30.7. The van der Waals surface area contributed by atoms with Crippen molar-refractivity contribution >= 4 is 88.7 Å². The maximum Gasteiger partial charge on any atom is 0.307 e. The number of Topliss-reactive ketones (excluding diaryl/α,β-unsaturated/α-hetero) is 2. The van der Waals surface area contributed by atoms with Crippen molar-refractivity contribution in [3.63, 3.8) is 0 Å². The molecule has 24 nitrogen and oxygen atoms in total. The monoisotopic (exact) mass is 1670 g/mol. The molecule has 4 amide bonds. The van der Waals surface area contributed by atoms with Gasteiger partial charge in [0.15, 0.2) is 22.8 Å². The summed E-state index contributed by atoms with van der Waals surface area (Å²) in [6.07, 6.45) is 7.18. The Morgan fingerprint density at radius 2 is 0.853 bits per heavy atom. The summed E-state index contributed by atoms with van der Waals surface area (Å²) in [6.45, 7) is 11.0. The zero-order valence-electron chi connectivity index (χ0n) is 68.3. The van der Waals surface area contributed by atoms with Crippen LogP contribution in [0.25, 0.3) is 21.5 Å². The lowest BCUT2D eigenvalue weighted by molar-refractivity contribution is -0.197. The molecule has 4 aliphatic carbocycles. The first-order valence-electron chi connectivity index (χ1n) is 40.6. The molecule has 14 atom stereocenters. The van der Waals surface area contributed by atoms with Gasteiger partial charge in [0.1, 0.15) is 46.6 Å². The van der Waals surface area contributed by atoms with E-state index in [1.165, 1.54) is 36.4 Å². The van der Waals surface area contributed by atoms with Gasteiger partial charge in [0, 0.05) is 61.1 Å². The van der Waals surface area contributed by atoms with E-state index in [1.54, 1.807) is 24.3 Å². The first-order valence-corrected chi connectivity index (χ1v) is 43.6. The number of esters is 2. The molecule has 4 saturated carbocycles. The average molecular weight is 1670 g/mol. The van der Waals surface area contributed by atoms with E-state index in [9.17, 15) is 81.5 Å². The Morgan fingerprint density at radius 3 is 1.17 bits per heavy atom. The highest BCUT2D eigenvalue weighted by atomic mass is 32.2. The van der Waals surface area contributed by atoms with E-state index in [1.807, 2.05) is 52.0 Å². The number of rotatable bonds is 22. The van der Waals surface area contributed by atoms with Crippen LogP contribution >= 0.6 is 0 Å². The van der Waals surface area contributed by atoms with Crippen LogP contribution in [-0.2, 0) is 67.9 Å². The Bertz CT molecular complexity index is 4330. The van der Waals surface area contributed by atoms with Crippen molar-refractivity contribution in [2.24, 2.45) is 58.2 Å². The van der Waals surface area contributed by atoms with Gasteiger partial charge in [-0.1, -0.05) is 103 Å². The molecule has 12 rings (SSSR count).